The summed E-state index contributed by atoms with van der Waals surface area (Å²) >= 11 is 11.7. The number of hydrogen-bond acceptors (Lipinski definition) is 4. The van der Waals surface area contributed by atoms with Crippen molar-refractivity contribution in [3.8, 4) is 5.75 Å². The molecule has 0 saturated carbocycles. The second kappa shape index (κ2) is 10.1. The number of carbonyl (C=O) groups is 1. The maximum absolute atomic E-state index is 14.0. The molecule has 5 nitrogen and oxygen atoms in total. The fourth-order valence-electron chi connectivity index (χ4n) is 3.72. The van der Waals surface area contributed by atoms with Crippen LogP contribution in [0.5, 0.6) is 5.75 Å². The van der Waals surface area contributed by atoms with Crippen LogP contribution in [-0.4, -0.2) is 41.0 Å². The van der Waals surface area contributed by atoms with Gasteiger partial charge in [-0.05, 0) is 36.8 Å². The highest BCUT2D eigenvalue weighted by atomic mass is 35.5. The minimum atomic E-state index is -1.09. The van der Waals surface area contributed by atoms with E-state index in [9.17, 15) is 13.6 Å². The van der Waals surface area contributed by atoms with Crippen molar-refractivity contribution in [1.82, 2.24) is 9.88 Å². The van der Waals surface area contributed by atoms with E-state index in [4.69, 9.17) is 27.9 Å². The van der Waals surface area contributed by atoms with Gasteiger partial charge in [0.05, 0.1) is 5.69 Å². The third-order valence-electron chi connectivity index (χ3n) is 5.28. The molecule has 1 aliphatic heterocycles. The number of likely N-dealkylation sites (tertiary alicyclic amines) is 1. The van der Waals surface area contributed by atoms with E-state index in [0.717, 1.165) is 17.7 Å². The average Bonchev–Trinajstić information content (AvgIpc) is 2.77. The number of amides is 1. The number of rotatable bonds is 7. The summed E-state index contributed by atoms with van der Waals surface area (Å²) in [5, 5.41) is 3.39. The second-order valence-electron chi connectivity index (χ2n) is 8.26. The molecular formula is C25H21Cl2F2N3O2. The molecule has 0 bridgehead atoms. The number of benzene rings is 2. The Morgan fingerprint density at radius 1 is 1.15 bits per heavy atom. The molecule has 34 heavy (non-hydrogen) atoms. The Balaban J connectivity index is 1.40. The number of nitrogens with one attached hydrogen (secondary N) is 1. The first kappa shape index (κ1) is 24.1. The van der Waals surface area contributed by atoms with E-state index in [-0.39, 0.29) is 22.2 Å². The Bertz CT molecular complexity index is 1230. The lowest BCUT2D eigenvalue weighted by Crippen LogP contribution is -2.63. The molecule has 1 amide bonds. The molecule has 176 valence electrons. The lowest BCUT2D eigenvalue weighted by molar-refractivity contribution is -0.0571. The average molecular weight is 504 g/mol. The Labute approximate surface area is 206 Å². The van der Waals surface area contributed by atoms with Crippen LogP contribution < -0.4 is 10.1 Å². The summed E-state index contributed by atoms with van der Waals surface area (Å²) in [6.45, 7) is 3.72. The van der Waals surface area contributed by atoms with E-state index >= 15 is 0 Å². The highest BCUT2D eigenvalue weighted by Gasteiger charge is 2.41. The summed E-state index contributed by atoms with van der Waals surface area (Å²) in [4.78, 5) is 18.5. The van der Waals surface area contributed by atoms with E-state index in [1.54, 1.807) is 0 Å². The number of aromatic nitrogens is 1. The van der Waals surface area contributed by atoms with E-state index < -0.39 is 23.1 Å². The molecule has 1 saturated heterocycles. The minimum absolute atomic E-state index is 0.0270. The number of pyridine rings is 1. The van der Waals surface area contributed by atoms with Crippen LogP contribution in [0.15, 0.2) is 60.8 Å². The summed E-state index contributed by atoms with van der Waals surface area (Å²) < 4.78 is 33.9. The van der Waals surface area contributed by atoms with Crippen molar-refractivity contribution < 1.29 is 18.3 Å². The minimum Gasteiger partial charge on any atom is -0.483 e. The van der Waals surface area contributed by atoms with Crippen molar-refractivity contribution >= 4 is 40.9 Å². The van der Waals surface area contributed by atoms with Gasteiger partial charge in [-0.3, -0.25) is 9.69 Å². The smallest absolute Gasteiger partial charge is 0.255 e. The molecule has 1 aromatic heterocycles. The van der Waals surface area contributed by atoms with Crippen LogP contribution in [0.3, 0.4) is 0 Å². The highest BCUT2D eigenvalue weighted by molar-refractivity contribution is 6.30. The molecule has 0 spiro atoms. The van der Waals surface area contributed by atoms with E-state index in [2.05, 4.69) is 15.2 Å². The topological polar surface area (TPSA) is 54.5 Å². The molecule has 4 rings (SSSR count). The van der Waals surface area contributed by atoms with E-state index in [0.29, 0.717) is 24.7 Å². The van der Waals surface area contributed by atoms with Gasteiger partial charge >= 0.3 is 0 Å². The number of carbonyl (C=O) groups excluding carboxylic acids is 1. The molecule has 3 aromatic rings. The second-order valence-corrected chi connectivity index (χ2v) is 9.08. The van der Waals surface area contributed by atoms with Crippen LogP contribution >= 0.6 is 23.2 Å². The first-order valence-electron chi connectivity index (χ1n) is 10.5. The van der Waals surface area contributed by atoms with Gasteiger partial charge in [-0.2, -0.15) is 0 Å². The van der Waals surface area contributed by atoms with Crippen molar-refractivity contribution in [2.45, 2.75) is 12.5 Å². The van der Waals surface area contributed by atoms with Gasteiger partial charge in [0, 0.05) is 48.5 Å². The van der Waals surface area contributed by atoms with Gasteiger partial charge in [-0.15, -0.1) is 0 Å². The zero-order valence-corrected chi connectivity index (χ0v) is 19.7. The van der Waals surface area contributed by atoms with E-state index in [1.807, 2.05) is 43.3 Å². The third-order valence-corrected chi connectivity index (χ3v) is 5.73. The number of hydrogen-bond donors (Lipinski definition) is 1. The Morgan fingerprint density at radius 2 is 1.85 bits per heavy atom. The van der Waals surface area contributed by atoms with Crippen LogP contribution in [-0.2, 0) is 0 Å². The van der Waals surface area contributed by atoms with Crippen LogP contribution in [0.25, 0.3) is 6.08 Å². The maximum atomic E-state index is 14.0. The van der Waals surface area contributed by atoms with Gasteiger partial charge in [0.2, 0.25) is 0 Å². The van der Waals surface area contributed by atoms with Crippen LogP contribution in [0.4, 0.5) is 14.5 Å². The third kappa shape index (κ3) is 5.91. The fraction of sp³-hybridized carbons (Fsp3) is 0.200. The lowest BCUT2D eigenvalue weighted by Gasteiger charge is -2.47. The molecule has 0 atom stereocenters. The van der Waals surface area contributed by atoms with Gasteiger partial charge in [0.15, 0.2) is 11.6 Å². The lowest BCUT2D eigenvalue weighted by atomic mass is 9.96. The number of anilines is 1. The van der Waals surface area contributed by atoms with Gasteiger partial charge in [-0.1, -0.05) is 47.5 Å². The summed E-state index contributed by atoms with van der Waals surface area (Å²) in [7, 11) is 0. The molecule has 1 fully saturated rings. The zero-order valence-electron chi connectivity index (χ0n) is 18.2. The monoisotopic (exact) mass is 503 g/mol. The summed E-state index contributed by atoms with van der Waals surface area (Å²) in [6.07, 6.45) is 5.42. The summed E-state index contributed by atoms with van der Waals surface area (Å²) in [5.74, 6) is -2.66. The fourth-order valence-corrected chi connectivity index (χ4v) is 4.02. The molecule has 1 N–H and O–H groups in total. The Morgan fingerprint density at radius 3 is 2.56 bits per heavy atom. The van der Waals surface area contributed by atoms with Crippen molar-refractivity contribution in [3.05, 3.63) is 93.7 Å². The van der Waals surface area contributed by atoms with Crippen LogP contribution in [0.1, 0.15) is 22.8 Å². The standard InChI is InChI=1S/C25H21Cl2F2N3O2/c1-25(14-32(15-25)10-2-3-16-4-6-18(26)7-5-16)34-22-13-20(29)19(28)12-21(22)31-24(33)17-8-9-30-23(27)11-17/h2-9,11-13H,10,14-15H2,1H3,(H,31,33)/b3-2+. The van der Waals surface area contributed by atoms with Crippen LogP contribution in [0, 0.1) is 11.6 Å². The van der Waals surface area contributed by atoms with Crippen molar-refractivity contribution in [3.63, 3.8) is 0 Å². The highest BCUT2D eigenvalue weighted by Crippen LogP contribution is 2.34. The van der Waals surface area contributed by atoms with Crippen molar-refractivity contribution in [1.29, 1.82) is 0 Å². The van der Waals surface area contributed by atoms with Crippen LogP contribution in [0.2, 0.25) is 10.2 Å². The molecule has 0 unspecified atom stereocenters. The predicted octanol–water partition coefficient (Wildman–Crippen LogP) is 6.09. The first-order chi connectivity index (χ1) is 16.2. The zero-order chi connectivity index (χ0) is 24.3. The van der Waals surface area contributed by atoms with Gasteiger partial charge < -0.3 is 10.1 Å². The van der Waals surface area contributed by atoms with Gasteiger partial charge in [-0.25, -0.2) is 13.8 Å². The maximum Gasteiger partial charge on any atom is 0.255 e. The Hall–Kier alpha value is -3.00. The Kier molecular flexibility index (Phi) is 7.16. The first-order valence-corrected chi connectivity index (χ1v) is 11.2. The molecule has 1 aliphatic rings. The molecule has 0 aliphatic carbocycles. The number of nitrogens with zero attached hydrogens (tertiary/aromatic N) is 2. The number of ether oxygens (including phenoxy) is 1. The molecule has 2 heterocycles. The van der Waals surface area contributed by atoms with Crippen molar-refractivity contribution in [2.75, 3.05) is 25.0 Å². The summed E-state index contributed by atoms with van der Waals surface area (Å²) in [5.41, 5.74) is 0.669. The number of halogens is 4. The van der Waals surface area contributed by atoms with Gasteiger partial charge in [0.1, 0.15) is 16.5 Å². The predicted molar refractivity (Wildman–Crippen MR) is 130 cm³/mol. The summed E-state index contributed by atoms with van der Waals surface area (Å²) in [6, 6.07) is 12.2. The molecule has 0 radical (unpaired) electrons. The molecular weight excluding hydrogens is 483 g/mol. The van der Waals surface area contributed by atoms with Crippen molar-refractivity contribution in [2.24, 2.45) is 0 Å². The molecule has 2 aromatic carbocycles. The normalized spacial score (nSPS) is 15.2. The quantitative estimate of drug-likeness (QED) is 0.396. The van der Waals surface area contributed by atoms with E-state index in [1.165, 1.54) is 18.3 Å². The van der Waals surface area contributed by atoms with Gasteiger partial charge in [0.25, 0.3) is 5.91 Å². The molecule has 9 heteroatoms. The SMILES string of the molecule is CC1(Oc2cc(F)c(F)cc2NC(=O)c2ccnc(Cl)c2)CN(C/C=C/c2ccc(Cl)cc2)C1. The largest absolute Gasteiger partial charge is 0.483 e.